The lowest BCUT2D eigenvalue weighted by Crippen LogP contribution is -2.11. The largest absolute Gasteiger partial charge is 0.481 e. The zero-order valence-corrected chi connectivity index (χ0v) is 11.9. The Kier molecular flexibility index (Phi) is 4.68. The van der Waals surface area contributed by atoms with E-state index in [1.165, 1.54) is 0 Å². The lowest BCUT2D eigenvalue weighted by Gasteiger charge is -2.15. The number of hydrogen-bond acceptors (Lipinski definition) is 2. The summed E-state index contributed by atoms with van der Waals surface area (Å²) in [5.74, 6) is -0.917. The number of carbonyl (C=O) groups is 1. The average Bonchev–Trinajstić information content (AvgIpc) is 2.41. The standard InChI is InChI=1S/C15H14BrNO2/c16-13-6-2-1-5-11(13)9-12(10-15(18)19)14-7-3-4-8-17-14/h1-8,12H,9-10H2,(H,18,19). The van der Waals surface area contributed by atoms with Gasteiger partial charge >= 0.3 is 5.97 Å². The van der Waals surface area contributed by atoms with Crippen molar-refractivity contribution in [3.63, 3.8) is 0 Å². The van der Waals surface area contributed by atoms with E-state index in [0.29, 0.717) is 6.42 Å². The summed E-state index contributed by atoms with van der Waals surface area (Å²) < 4.78 is 1.00. The van der Waals surface area contributed by atoms with Gasteiger partial charge in [0.05, 0.1) is 6.42 Å². The minimum atomic E-state index is -0.803. The summed E-state index contributed by atoms with van der Waals surface area (Å²) >= 11 is 3.50. The molecule has 0 fully saturated rings. The van der Waals surface area contributed by atoms with Crippen molar-refractivity contribution in [3.8, 4) is 0 Å². The van der Waals surface area contributed by atoms with E-state index in [9.17, 15) is 4.79 Å². The van der Waals surface area contributed by atoms with Crippen LogP contribution < -0.4 is 0 Å². The van der Waals surface area contributed by atoms with E-state index in [1.807, 2.05) is 42.5 Å². The highest BCUT2D eigenvalue weighted by Crippen LogP contribution is 2.26. The zero-order chi connectivity index (χ0) is 13.7. The normalized spacial score (nSPS) is 12.1. The third kappa shape index (κ3) is 3.89. The molecular formula is C15H14BrNO2. The Morgan fingerprint density at radius 1 is 1.21 bits per heavy atom. The Morgan fingerprint density at radius 3 is 2.58 bits per heavy atom. The molecule has 2 aromatic rings. The first-order valence-corrected chi connectivity index (χ1v) is 6.82. The fraction of sp³-hybridized carbons (Fsp3) is 0.200. The Balaban J connectivity index is 2.24. The Morgan fingerprint density at radius 2 is 1.95 bits per heavy atom. The van der Waals surface area contributed by atoms with Crippen LogP contribution in [0.3, 0.4) is 0 Å². The van der Waals surface area contributed by atoms with E-state index in [2.05, 4.69) is 20.9 Å². The number of benzene rings is 1. The lowest BCUT2D eigenvalue weighted by atomic mass is 9.93. The van der Waals surface area contributed by atoms with Crippen molar-refractivity contribution in [1.82, 2.24) is 4.98 Å². The number of pyridine rings is 1. The topological polar surface area (TPSA) is 50.2 Å². The zero-order valence-electron chi connectivity index (χ0n) is 10.3. The summed E-state index contributed by atoms with van der Waals surface area (Å²) in [6, 6.07) is 13.5. The number of halogens is 1. The molecule has 0 aliphatic carbocycles. The van der Waals surface area contributed by atoms with Crippen LogP contribution in [0.2, 0.25) is 0 Å². The predicted molar refractivity (Wildman–Crippen MR) is 77.1 cm³/mol. The predicted octanol–water partition coefficient (Wildman–Crippen LogP) is 3.65. The molecule has 1 aromatic carbocycles. The van der Waals surface area contributed by atoms with E-state index < -0.39 is 5.97 Å². The van der Waals surface area contributed by atoms with Gasteiger partial charge in [-0.2, -0.15) is 0 Å². The fourth-order valence-electron chi connectivity index (χ4n) is 2.04. The second kappa shape index (κ2) is 6.48. The number of carboxylic acids is 1. The highest BCUT2D eigenvalue weighted by Gasteiger charge is 2.18. The van der Waals surface area contributed by atoms with E-state index >= 15 is 0 Å². The van der Waals surface area contributed by atoms with Crippen LogP contribution in [0.4, 0.5) is 0 Å². The molecule has 1 atom stereocenters. The van der Waals surface area contributed by atoms with Gasteiger partial charge in [0.2, 0.25) is 0 Å². The van der Waals surface area contributed by atoms with Gasteiger partial charge in [-0.05, 0) is 30.2 Å². The van der Waals surface area contributed by atoms with Crippen molar-refractivity contribution in [2.24, 2.45) is 0 Å². The molecule has 3 nitrogen and oxygen atoms in total. The maximum atomic E-state index is 11.0. The number of carboxylic acid groups (broad SMARTS) is 1. The van der Waals surface area contributed by atoms with Crippen LogP contribution in [0.25, 0.3) is 0 Å². The molecule has 98 valence electrons. The highest BCUT2D eigenvalue weighted by atomic mass is 79.9. The molecule has 0 saturated carbocycles. The molecule has 4 heteroatoms. The number of aromatic nitrogens is 1. The molecule has 1 unspecified atom stereocenters. The summed E-state index contributed by atoms with van der Waals surface area (Å²) in [4.78, 5) is 15.3. The van der Waals surface area contributed by atoms with Gasteiger partial charge in [0.15, 0.2) is 0 Å². The molecule has 0 spiro atoms. The van der Waals surface area contributed by atoms with Gasteiger partial charge in [-0.1, -0.05) is 40.2 Å². The Hall–Kier alpha value is -1.68. The summed E-state index contributed by atoms with van der Waals surface area (Å²) in [6.45, 7) is 0. The summed E-state index contributed by atoms with van der Waals surface area (Å²) in [7, 11) is 0. The van der Waals surface area contributed by atoms with E-state index in [0.717, 1.165) is 15.7 Å². The molecule has 0 saturated heterocycles. The number of nitrogens with zero attached hydrogens (tertiary/aromatic N) is 1. The van der Waals surface area contributed by atoms with Crippen LogP contribution in [0, 0.1) is 0 Å². The molecule has 0 aliphatic heterocycles. The molecule has 2 rings (SSSR count). The van der Waals surface area contributed by atoms with Crippen LogP contribution in [0.15, 0.2) is 53.1 Å². The molecule has 19 heavy (non-hydrogen) atoms. The van der Waals surface area contributed by atoms with Gasteiger partial charge in [0, 0.05) is 22.3 Å². The monoisotopic (exact) mass is 319 g/mol. The van der Waals surface area contributed by atoms with Crippen LogP contribution in [-0.2, 0) is 11.2 Å². The third-order valence-electron chi connectivity index (χ3n) is 2.95. The Labute approximate surface area is 120 Å². The van der Waals surface area contributed by atoms with Gasteiger partial charge in [-0.3, -0.25) is 9.78 Å². The molecule has 1 aromatic heterocycles. The first-order valence-electron chi connectivity index (χ1n) is 6.03. The molecule has 0 bridgehead atoms. The van der Waals surface area contributed by atoms with Crippen molar-refractivity contribution in [3.05, 3.63) is 64.4 Å². The van der Waals surface area contributed by atoms with Gasteiger partial charge in [-0.15, -0.1) is 0 Å². The maximum Gasteiger partial charge on any atom is 0.304 e. The SMILES string of the molecule is O=C(O)CC(Cc1ccccc1Br)c1ccccn1. The second-order valence-electron chi connectivity index (χ2n) is 4.34. The van der Waals surface area contributed by atoms with Crippen LogP contribution in [-0.4, -0.2) is 16.1 Å². The third-order valence-corrected chi connectivity index (χ3v) is 3.72. The first kappa shape index (κ1) is 13.7. The molecule has 1 heterocycles. The van der Waals surface area contributed by atoms with Crippen LogP contribution in [0.5, 0.6) is 0 Å². The van der Waals surface area contributed by atoms with Crippen molar-refractivity contribution in [1.29, 1.82) is 0 Å². The summed E-state index contributed by atoms with van der Waals surface area (Å²) in [5.41, 5.74) is 1.92. The van der Waals surface area contributed by atoms with Crippen LogP contribution >= 0.6 is 15.9 Å². The molecule has 0 amide bonds. The van der Waals surface area contributed by atoms with E-state index in [-0.39, 0.29) is 12.3 Å². The van der Waals surface area contributed by atoms with Gasteiger partial charge < -0.3 is 5.11 Å². The van der Waals surface area contributed by atoms with Crippen molar-refractivity contribution in [2.45, 2.75) is 18.8 Å². The summed E-state index contributed by atoms with van der Waals surface area (Å²) in [6.07, 6.45) is 2.44. The first-order chi connectivity index (χ1) is 9.16. The van der Waals surface area contributed by atoms with Gasteiger partial charge in [0.1, 0.15) is 0 Å². The highest BCUT2D eigenvalue weighted by molar-refractivity contribution is 9.10. The number of aliphatic carboxylic acids is 1. The smallest absolute Gasteiger partial charge is 0.304 e. The van der Waals surface area contributed by atoms with E-state index in [4.69, 9.17) is 5.11 Å². The lowest BCUT2D eigenvalue weighted by molar-refractivity contribution is -0.137. The molecule has 0 radical (unpaired) electrons. The summed E-state index contributed by atoms with van der Waals surface area (Å²) in [5, 5.41) is 9.05. The fourth-order valence-corrected chi connectivity index (χ4v) is 2.49. The molecule has 1 N–H and O–H groups in total. The minimum Gasteiger partial charge on any atom is -0.481 e. The van der Waals surface area contributed by atoms with Gasteiger partial charge in [0.25, 0.3) is 0 Å². The second-order valence-corrected chi connectivity index (χ2v) is 5.20. The quantitative estimate of drug-likeness (QED) is 0.915. The molecular weight excluding hydrogens is 306 g/mol. The maximum absolute atomic E-state index is 11.0. The average molecular weight is 320 g/mol. The van der Waals surface area contributed by atoms with E-state index in [1.54, 1.807) is 6.20 Å². The van der Waals surface area contributed by atoms with Gasteiger partial charge in [-0.25, -0.2) is 0 Å². The number of rotatable bonds is 5. The van der Waals surface area contributed by atoms with Crippen molar-refractivity contribution >= 4 is 21.9 Å². The minimum absolute atomic E-state index is 0.0817. The molecule has 0 aliphatic rings. The van der Waals surface area contributed by atoms with Crippen LogP contribution in [0.1, 0.15) is 23.6 Å². The Bertz CT molecular complexity index is 557. The van der Waals surface area contributed by atoms with Crippen molar-refractivity contribution in [2.75, 3.05) is 0 Å². The van der Waals surface area contributed by atoms with Crippen molar-refractivity contribution < 1.29 is 9.90 Å². The number of hydrogen-bond donors (Lipinski definition) is 1.